The topological polar surface area (TPSA) is 84.5 Å². The molecular formula is C13H20N2O4S. The van der Waals surface area contributed by atoms with Crippen molar-refractivity contribution in [1.82, 2.24) is 10.0 Å². The van der Waals surface area contributed by atoms with Crippen molar-refractivity contribution in [2.45, 2.75) is 25.2 Å². The highest BCUT2D eigenvalue weighted by Crippen LogP contribution is 2.24. The van der Waals surface area contributed by atoms with Crippen LogP contribution in [0.1, 0.15) is 19.4 Å². The molecule has 0 fully saturated rings. The summed E-state index contributed by atoms with van der Waals surface area (Å²) in [5.41, 5.74) is 0.910. The number of carbonyl (C=O) groups excluding carboxylic acids is 1. The summed E-state index contributed by atoms with van der Waals surface area (Å²) in [5.74, 6) is 0.101. The standard InChI is InChI=1S/C13H20N2O4S/c1-4-11-5-6-12(19-3)13(9-11)20(17,18)15-8-7-14-10(2)16/h5-6,9,15H,4,7-8H2,1-3H3,(H,14,16). The molecule has 0 radical (unpaired) electrons. The smallest absolute Gasteiger partial charge is 0.244 e. The zero-order valence-electron chi connectivity index (χ0n) is 11.9. The average Bonchev–Trinajstić information content (AvgIpc) is 2.42. The molecule has 0 aromatic heterocycles. The van der Waals surface area contributed by atoms with Gasteiger partial charge in [0.25, 0.3) is 0 Å². The van der Waals surface area contributed by atoms with E-state index in [2.05, 4.69) is 10.0 Å². The van der Waals surface area contributed by atoms with Crippen molar-refractivity contribution >= 4 is 15.9 Å². The van der Waals surface area contributed by atoms with E-state index < -0.39 is 10.0 Å². The molecule has 20 heavy (non-hydrogen) atoms. The lowest BCUT2D eigenvalue weighted by Crippen LogP contribution is -2.33. The fourth-order valence-electron chi connectivity index (χ4n) is 1.65. The van der Waals surface area contributed by atoms with E-state index >= 15 is 0 Å². The number of amides is 1. The lowest BCUT2D eigenvalue weighted by Gasteiger charge is -2.12. The molecule has 0 atom stereocenters. The summed E-state index contributed by atoms with van der Waals surface area (Å²) < 4.78 is 32.0. The number of hydrogen-bond acceptors (Lipinski definition) is 4. The maximum Gasteiger partial charge on any atom is 0.244 e. The molecule has 0 aliphatic rings. The number of ether oxygens (including phenoxy) is 1. The molecule has 0 aliphatic carbocycles. The van der Waals surface area contributed by atoms with Gasteiger partial charge in [0.1, 0.15) is 10.6 Å². The summed E-state index contributed by atoms with van der Waals surface area (Å²) in [6, 6.07) is 5.07. The second-order valence-electron chi connectivity index (χ2n) is 4.22. The molecule has 1 aromatic carbocycles. The van der Waals surface area contributed by atoms with Gasteiger partial charge in [0.05, 0.1) is 7.11 Å². The predicted octanol–water partition coefficient (Wildman–Crippen LogP) is 0.672. The van der Waals surface area contributed by atoms with Crippen LogP contribution in [0.15, 0.2) is 23.1 Å². The van der Waals surface area contributed by atoms with Crippen molar-refractivity contribution in [1.29, 1.82) is 0 Å². The van der Waals surface area contributed by atoms with Crippen molar-refractivity contribution < 1.29 is 17.9 Å². The van der Waals surface area contributed by atoms with Gasteiger partial charge in [-0.3, -0.25) is 4.79 Å². The Kier molecular flexibility index (Phi) is 5.97. The summed E-state index contributed by atoms with van der Waals surface area (Å²) in [6.45, 7) is 3.69. The number of aryl methyl sites for hydroxylation is 1. The highest BCUT2D eigenvalue weighted by Gasteiger charge is 2.19. The van der Waals surface area contributed by atoms with Crippen LogP contribution >= 0.6 is 0 Å². The molecular weight excluding hydrogens is 280 g/mol. The molecule has 0 aliphatic heterocycles. The first kappa shape index (κ1) is 16.5. The summed E-state index contributed by atoms with van der Waals surface area (Å²) in [6.07, 6.45) is 0.735. The third-order valence-corrected chi connectivity index (χ3v) is 4.20. The van der Waals surface area contributed by atoms with Crippen molar-refractivity contribution in [3.05, 3.63) is 23.8 Å². The number of nitrogens with one attached hydrogen (secondary N) is 2. The van der Waals surface area contributed by atoms with Gasteiger partial charge < -0.3 is 10.1 Å². The number of rotatable bonds is 7. The molecule has 6 nitrogen and oxygen atoms in total. The van der Waals surface area contributed by atoms with Crippen LogP contribution in [0.25, 0.3) is 0 Å². The molecule has 7 heteroatoms. The lowest BCUT2D eigenvalue weighted by molar-refractivity contribution is -0.118. The van der Waals surface area contributed by atoms with E-state index in [1.54, 1.807) is 12.1 Å². The molecule has 0 saturated heterocycles. The minimum absolute atomic E-state index is 0.113. The molecule has 0 unspecified atom stereocenters. The SMILES string of the molecule is CCc1ccc(OC)c(S(=O)(=O)NCCNC(C)=O)c1. The Morgan fingerprint density at radius 3 is 2.55 bits per heavy atom. The molecule has 0 saturated carbocycles. The van der Waals surface area contributed by atoms with Gasteiger partial charge in [0.15, 0.2) is 0 Å². The minimum Gasteiger partial charge on any atom is -0.495 e. The van der Waals surface area contributed by atoms with Gasteiger partial charge in [-0.1, -0.05) is 13.0 Å². The third kappa shape index (κ3) is 4.50. The van der Waals surface area contributed by atoms with E-state index in [-0.39, 0.29) is 23.9 Å². The Morgan fingerprint density at radius 2 is 2.00 bits per heavy atom. The van der Waals surface area contributed by atoms with Crippen LogP contribution in [0.3, 0.4) is 0 Å². The largest absolute Gasteiger partial charge is 0.495 e. The Balaban J connectivity index is 2.87. The summed E-state index contributed by atoms with van der Waals surface area (Å²) in [7, 11) is -2.23. The quantitative estimate of drug-likeness (QED) is 0.725. The van der Waals surface area contributed by atoms with Crippen LogP contribution < -0.4 is 14.8 Å². The molecule has 2 N–H and O–H groups in total. The van der Waals surface area contributed by atoms with Crippen molar-refractivity contribution in [3.63, 3.8) is 0 Å². The molecule has 1 aromatic rings. The summed E-state index contributed by atoms with van der Waals surface area (Å²) in [5, 5.41) is 2.52. The minimum atomic E-state index is -3.66. The van der Waals surface area contributed by atoms with E-state index in [1.807, 2.05) is 13.0 Å². The Bertz CT molecular complexity index is 570. The van der Waals surface area contributed by atoms with E-state index in [1.165, 1.54) is 14.0 Å². The number of carbonyl (C=O) groups is 1. The molecule has 1 amide bonds. The first-order valence-electron chi connectivity index (χ1n) is 6.31. The Labute approximate surface area is 119 Å². The monoisotopic (exact) mass is 300 g/mol. The maximum absolute atomic E-state index is 12.2. The molecule has 1 rings (SSSR count). The van der Waals surface area contributed by atoms with Gasteiger partial charge in [0, 0.05) is 20.0 Å². The van der Waals surface area contributed by atoms with E-state index in [9.17, 15) is 13.2 Å². The first-order chi connectivity index (χ1) is 9.40. The second-order valence-corrected chi connectivity index (χ2v) is 5.95. The lowest BCUT2D eigenvalue weighted by atomic mass is 10.2. The van der Waals surface area contributed by atoms with Crippen molar-refractivity contribution in [2.75, 3.05) is 20.2 Å². The van der Waals surface area contributed by atoms with Crippen LogP contribution in [0.4, 0.5) is 0 Å². The zero-order chi connectivity index (χ0) is 15.2. The van der Waals surface area contributed by atoms with E-state index in [0.717, 1.165) is 12.0 Å². The van der Waals surface area contributed by atoms with Crippen LogP contribution in [-0.2, 0) is 21.2 Å². The highest BCUT2D eigenvalue weighted by molar-refractivity contribution is 7.89. The van der Waals surface area contributed by atoms with Crippen molar-refractivity contribution in [2.24, 2.45) is 0 Å². The summed E-state index contributed by atoms with van der Waals surface area (Å²) in [4.78, 5) is 10.8. The van der Waals surface area contributed by atoms with Crippen molar-refractivity contribution in [3.8, 4) is 5.75 Å². The maximum atomic E-state index is 12.2. The third-order valence-electron chi connectivity index (χ3n) is 2.72. The van der Waals surface area contributed by atoms with Gasteiger partial charge in [-0.15, -0.1) is 0 Å². The zero-order valence-corrected chi connectivity index (χ0v) is 12.7. The van der Waals surface area contributed by atoms with Crippen LogP contribution in [0, 0.1) is 0 Å². The van der Waals surface area contributed by atoms with Crippen LogP contribution in [0.5, 0.6) is 5.75 Å². The van der Waals surface area contributed by atoms with Gasteiger partial charge in [-0.25, -0.2) is 13.1 Å². The number of benzene rings is 1. The molecule has 112 valence electrons. The highest BCUT2D eigenvalue weighted by atomic mass is 32.2. The predicted molar refractivity (Wildman–Crippen MR) is 76.2 cm³/mol. The fraction of sp³-hybridized carbons (Fsp3) is 0.462. The van der Waals surface area contributed by atoms with Gasteiger partial charge in [-0.2, -0.15) is 0 Å². The van der Waals surface area contributed by atoms with E-state index in [4.69, 9.17) is 4.74 Å². The summed E-state index contributed by atoms with van der Waals surface area (Å²) >= 11 is 0. The van der Waals surface area contributed by atoms with Crippen LogP contribution in [0.2, 0.25) is 0 Å². The number of methoxy groups -OCH3 is 1. The molecule has 0 heterocycles. The molecule has 0 bridgehead atoms. The molecule has 0 spiro atoms. The van der Waals surface area contributed by atoms with Crippen LogP contribution in [-0.4, -0.2) is 34.5 Å². The normalized spacial score (nSPS) is 11.2. The Hall–Kier alpha value is -1.60. The average molecular weight is 300 g/mol. The van der Waals surface area contributed by atoms with Gasteiger partial charge in [0.2, 0.25) is 15.9 Å². The fourth-order valence-corrected chi connectivity index (χ4v) is 2.90. The Morgan fingerprint density at radius 1 is 1.30 bits per heavy atom. The van der Waals surface area contributed by atoms with Gasteiger partial charge >= 0.3 is 0 Å². The second kappa shape index (κ2) is 7.25. The first-order valence-corrected chi connectivity index (χ1v) is 7.80. The number of hydrogen-bond donors (Lipinski definition) is 2. The number of sulfonamides is 1. The van der Waals surface area contributed by atoms with E-state index in [0.29, 0.717) is 5.75 Å². The van der Waals surface area contributed by atoms with Gasteiger partial charge in [-0.05, 0) is 24.1 Å².